The van der Waals surface area contributed by atoms with Crippen LogP contribution in [-0.2, 0) is 9.59 Å². The quantitative estimate of drug-likeness (QED) is 0.849. The summed E-state index contributed by atoms with van der Waals surface area (Å²) in [5, 5.41) is 0. The molecule has 1 aromatic carbocycles. The van der Waals surface area contributed by atoms with Gasteiger partial charge in [0.15, 0.2) is 11.5 Å². The smallest absolute Gasteiger partial charge is 0.246 e. The largest absolute Gasteiger partial charge is 0.454 e. The number of ether oxygens (including phenoxy) is 2. The molecular weight excluding hydrogens is 284 g/mol. The summed E-state index contributed by atoms with van der Waals surface area (Å²) in [4.78, 5) is 25.1. The van der Waals surface area contributed by atoms with Gasteiger partial charge in [0.2, 0.25) is 18.6 Å². The Labute approximate surface area is 128 Å². The molecule has 22 heavy (non-hydrogen) atoms. The molecule has 6 nitrogen and oxygen atoms in total. The third kappa shape index (κ3) is 3.05. The highest BCUT2D eigenvalue weighted by atomic mass is 16.7. The Bertz CT molecular complexity index is 627. The summed E-state index contributed by atoms with van der Waals surface area (Å²) >= 11 is 0. The summed E-state index contributed by atoms with van der Waals surface area (Å²) < 4.78 is 10.5. The molecule has 0 aromatic heterocycles. The first-order valence-corrected chi connectivity index (χ1v) is 7.29. The Balaban J connectivity index is 1.64. The number of carbonyl (C=O) groups is 2. The lowest BCUT2D eigenvalue weighted by Crippen LogP contribution is -2.43. The van der Waals surface area contributed by atoms with E-state index in [-0.39, 0.29) is 24.5 Å². The normalized spacial score (nSPS) is 20.4. The average Bonchev–Trinajstić information content (AvgIpc) is 3.00. The van der Waals surface area contributed by atoms with E-state index in [0.717, 1.165) is 18.4 Å². The molecule has 6 heteroatoms. The zero-order chi connectivity index (χ0) is 15.5. The van der Waals surface area contributed by atoms with Crippen LogP contribution in [0.4, 0.5) is 0 Å². The van der Waals surface area contributed by atoms with Crippen molar-refractivity contribution >= 4 is 17.9 Å². The summed E-state index contributed by atoms with van der Waals surface area (Å²) in [7, 11) is 0. The topological polar surface area (TPSA) is 81.9 Å². The molecule has 0 bridgehead atoms. The Morgan fingerprint density at radius 3 is 2.91 bits per heavy atom. The van der Waals surface area contributed by atoms with Gasteiger partial charge in [-0.3, -0.25) is 9.59 Å². The minimum atomic E-state index is -0.336. The molecule has 0 aliphatic carbocycles. The van der Waals surface area contributed by atoms with Crippen molar-refractivity contribution < 1.29 is 19.1 Å². The molecule has 2 heterocycles. The third-order valence-electron chi connectivity index (χ3n) is 3.95. The van der Waals surface area contributed by atoms with Gasteiger partial charge in [-0.25, -0.2) is 0 Å². The van der Waals surface area contributed by atoms with Crippen LogP contribution in [0.3, 0.4) is 0 Å². The van der Waals surface area contributed by atoms with E-state index >= 15 is 0 Å². The van der Waals surface area contributed by atoms with Crippen molar-refractivity contribution in [3.63, 3.8) is 0 Å². The maximum atomic E-state index is 12.2. The summed E-state index contributed by atoms with van der Waals surface area (Å²) in [5.74, 6) is 0.711. The molecule has 1 fully saturated rings. The molecule has 116 valence electrons. The van der Waals surface area contributed by atoms with Crippen molar-refractivity contribution in [2.75, 3.05) is 19.9 Å². The van der Waals surface area contributed by atoms with Crippen LogP contribution < -0.4 is 15.2 Å². The Morgan fingerprint density at radius 1 is 1.27 bits per heavy atom. The molecular formula is C16H18N2O4. The van der Waals surface area contributed by atoms with E-state index in [1.54, 1.807) is 11.0 Å². The van der Waals surface area contributed by atoms with Gasteiger partial charge < -0.3 is 20.1 Å². The fourth-order valence-corrected chi connectivity index (χ4v) is 2.70. The van der Waals surface area contributed by atoms with E-state index in [1.165, 1.54) is 6.08 Å². The van der Waals surface area contributed by atoms with Crippen LogP contribution in [0.15, 0.2) is 24.3 Å². The van der Waals surface area contributed by atoms with Gasteiger partial charge in [0.1, 0.15) is 0 Å². The van der Waals surface area contributed by atoms with Crippen molar-refractivity contribution in [1.29, 1.82) is 0 Å². The number of hydrogen-bond acceptors (Lipinski definition) is 4. The van der Waals surface area contributed by atoms with Gasteiger partial charge in [-0.1, -0.05) is 6.07 Å². The number of fused-ring (bicyclic) bond motifs is 1. The van der Waals surface area contributed by atoms with Crippen LogP contribution in [0, 0.1) is 5.92 Å². The second kappa shape index (κ2) is 6.09. The van der Waals surface area contributed by atoms with Crippen LogP contribution in [0.2, 0.25) is 0 Å². The van der Waals surface area contributed by atoms with Crippen molar-refractivity contribution in [2.45, 2.75) is 12.8 Å². The van der Waals surface area contributed by atoms with Gasteiger partial charge in [-0.15, -0.1) is 0 Å². The van der Waals surface area contributed by atoms with Gasteiger partial charge in [0, 0.05) is 19.2 Å². The molecule has 0 spiro atoms. The number of rotatable bonds is 3. The predicted octanol–water partition coefficient (Wildman–Crippen LogP) is 1.15. The average molecular weight is 302 g/mol. The first-order valence-electron chi connectivity index (χ1n) is 7.29. The van der Waals surface area contributed by atoms with Gasteiger partial charge >= 0.3 is 0 Å². The molecule has 1 aromatic rings. The fraction of sp³-hybridized carbons (Fsp3) is 0.375. The molecule has 1 unspecified atom stereocenters. The van der Waals surface area contributed by atoms with E-state index in [2.05, 4.69) is 0 Å². The lowest BCUT2D eigenvalue weighted by Gasteiger charge is -2.30. The minimum Gasteiger partial charge on any atom is -0.454 e. The van der Waals surface area contributed by atoms with Crippen LogP contribution in [0.1, 0.15) is 18.4 Å². The van der Waals surface area contributed by atoms with Crippen molar-refractivity contribution in [2.24, 2.45) is 11.7 Å². The number of nitrogens with two attached hydrogens (primary N) is 1. The van der Waals surface area contributed by atoms with E-state index in [4.69, 9.17) is 15.2 Å². The van der Waals surface area contributed by atoms with Gasteiger partial charge in [-0.2, -0.15) is 0 Å². The monoisotopic (exact) mass is 302 g/mol. The molecule has 2 aliphatic heterocycles. The Kier molecular flexibility index (Phi) is 4.00. The zero-order valence-corrected chi connectivity index (χ0v) is 12.2. The maximum absolute atomic E-state index is 12.2. The Hall–Kier alpha value is -2.50. The number of nitrogens with zero attached hydrogens (tertiary/aromatic N) is 1. The van der Waals surface area contributed by atoms with E-state index in [9.17, 15) is 9.59 Å². The molecule has 0 saturated carbocycles. The summed E-state index contributed by atoms with van der Waals surface area (Å²) in [5.41, 5.74) is 6.19. The lowest BCUT2D eigenvalue weighted by atomic mass is 9.97. The maximum Gasteiger partial charge on any atom is 0.246 e. The number of hydrogen-bond donors (Lipinski definition) is 1. The van der Waals surface area contributed by atoms with Gasteiger partial charge in [-0.05, 0) is 36.6 Å². The van der Waals surface area contributed by atoms with E-state index in [0.29, 0.717) is 24.6 Å². The second-order valence-corrected chi connectivity index (χ2v) is 5.47. The number of carbonyl (C=O) groups excluding carboxylic acids is 2. The third-order valence-corrected chi connectivity index (χ3v) is 3.95. The predicted molar refractivity (Wildman–Crippen MR) is 80.1 cm³/mol. The highest BCUT2D eigenvalue weighted by molar-refractivity contribution is 5.92. The van der Waals surface area contributed by atoms with Crippen LogP contribution in [0.5, 0.6) is 11.5 Å². The summed E-state index contributed by atoms with van der Waals surface area (Å²) in [6.07, 6.45) is 4.81. The first-order chi connectivity index (χ1) is 10.6. The Morgan fingerprint density at radius 2 is 2.09 bits per heavy atom. The van der Waals surface area contributed by atoms with Crippen LogP contribution in [-0.4, -0.2) is 36.6 Å². The number of amides is 2. The highest BCUT2D eigenvalue weighted by Gasteiger charge is 2.25. The van der Waals surface area contributed by atoms with Crippen molar-refractivity contribution in [3.05, 3.63) is 29.8 Å². The molecule has 2 amide bonds. The van der Waals surface area contributed by atoms with Crippen molar-refractivity contribution in [3.8, 4) is 11.5 Å². The van der Waals surface area contributed by atoms with Crippen LogP contribution in [0.25, 0.3) is 6.08 Å². The van der Waals surface area contributed by atoms with Gasteiger partial charge in [0.25, 0.3) is 0 Å². The van der Waals surface area contributed by atoms with Crippen LogP contribution >= 0.6 is 0 Å². The van der Waals surface area contributed by atoms with Gasteiger partial charge in [0.05, 0.1) is 5.92 Å². The molecule has 2 aliphatic rings. The lowest BCUT2D eigenvalue weighted by molar-refractivity contribution is -0.130. The number of piperidine rings is 1. The zero-order valence-electron chi connectivity index (χ0n) is 12.2. The molecule has 1 saturated heterocycles. The standard InChI is InChI=1S/C16H18N2O4/c17-16(20)12-2-1-7-18(9-12)15(19)6-4-11-3-5-13-14(8-11)22-10-21-13/h3-6,8,12H,1-2,7,9-10H2,(H2,17,20)/b6-4+. The molecule has 3 rings (SSSR count). The number of primary amides is 1. The van der Waals surface area contributed by atoms with E-state index < -0.39 is 0 Å². The van der Waals surface area contributed by atoms with E-state index in [1.807, 2.05) is 18.2 Å². The summed E-state index contributed by atoms with van der Waals surface area (Å²) in [6.45, 7) is 1.29. The SMILES string of the molecule is NC(=O)C1CCCN(C(=O)/C=C/c2ccc3c(c2)OCO3)C1. The first kappa shape index (κ1) is 14.4. The second-order valence-electron chi connectivity index (χ2n) is 5.47. The molecule has 2 N–H and O–H groups in total. The molecule has 1 atom stereocenters. The number of likely N-dealkylation sites (tertiary alicyclic amines) is 1. The minimum absolute atomic E-state index is 0.108. The molecule has 0 radical (unpaired) electrons. The van der Waals surface area contributed by atoms with Crippen molar-refractivity contribution in [1.82, 2.24) is 4.90 Å². The highest BCUT2D eigenvalue weighted by Crippen LogP contribution is 2.32. The summed E-state index contributed by atoms with van der Waals surface area (Å²) in [6, 6.07) is 5.50. The fourth-order valence-electron chi connectivity index (χ4n) is 2.70. The number of benzene rings is 1.